The Morgan fingerprint density at radius 3 is 2.62 bits per heavy atom. The number of carbonyl (C=O) groups excluding carboxylic acids is 2. The fourth-order valence-corrected chi connectivity index (χ4v) is 3.63. The Morgan fingerprint density at radius 1 is 1.17 bits per heavy atom. The molecule has 0 fully saturated rings. The lowest BCUT2D eigenvalue weighted by molar-refractivity contribution is -0.116. The van der Waals surface area contributed by atoms with Gasteiger partial charge in [0.2, 0.25) is 5.91 Å². The number of aryl methyl sites for hydroxylation is 1. The van der Waals surface area contributed by atoms with Crippen molar-refractivity contribution in [3.05, 3.63) is 64.9 Å². The Hall–Kier alpha value is -2.64. The number of rotatable bonds is 8. The van der Waals surface area contributed by atoms with E-state index in [0.29, 0.717) is 27.9 Å². The summed E-state index contributed by atoms with van der Waals surface area (Å²) in [4.78, 5) is 24.2. The predicted octanol–water partition coefficient (Wildman–Crippen LogP) is 4.94. The fourth-order valence-electron chi connectivity index (χ4n) is 2.63. The summed E-state index contributed by atoms with van der Waals surface area (Å²) in [5.74, 6) is 0.162. The smallest absolute Gasteiger partial charge is 0.224 e. The number of thioether (sulfide) groups is 1. The number of halogens is 1. The first-order valence-corrected chi connectivity index (χ1v) is 10.6. The SMILES string of the molecule is CCCC(=O)Nc1ccc(C(=O)CSc2nncn2-c2ccc(C)c(Cl)c2)cc1. The molecular weight excluding hydrogens is 408 g/mol. The first-order valence-electron chi connectivity index (χ1n) is 9.20. The van der Waals surface area contributed by atoms with Crippen LogP contribution in [0.15, 0.2) is 53.9 Å². The van der Waals surface area contributed by atoms with E-state index in [4.69, 9.17) is 11.6 Å². The zero-order chi connectivity index (χ0) is 20.8. The van der Waals surface area contributed by atoms with Crippen molar-refractivity contribution < 1.29 is 9.59 Å². The molecule has 3 rings (SSSR count). The molecule has 0 spiro atoms. The average molecular weight is 429 g/mol. The predicted molar refractivity (Wildman–Crippen MR) is 116 cm³/mol. The van der Waals surface area contributed by atoms with Crippen LogP contribution in [0.25, 0.3) is 5.69 Å². The van der Waals surface area contributed by atoms with Gasteiger partial charge in [-0.05, 0) is 55.3 Å². The first kappa shape index (κ1) is 21.1. The highest BCUT2D eigenvalue weighted by Crippen LogP contribution is 2.24. The maximum Gasteiger partial charge on any atom is 0.224 e. The zero-order valence-corrected chi connectivity index (χ0v) is 17.8. The van der Waals surface area contributed by atoms with E-state index in [0.717, 1.165) is 17.7 Å². The van der Waals surface area contributed by atoms with Crippen LogP contribution in [-0.2, 0) is 4.79 Å². The van der Waals surface area contributed by atoms with Crippen LogP contribution in [0.5, 0.6) is 0 Å². The van der Waals surface area contributed by atoms with Crippen molar-refractivity contribution in [3.63, 3.8) is 0 Å². The Kier molecular flexibility index (Phi) is 7.06. The van der Waals surface area contributed by atoms with Gasteiger partial charge in [0.15, 0.2) is 10.9 Å². The van der Waals surface area contributed by atoms with Crippen molar-refractivity contribution in [3.8, 4) is 5.69 Å². The van der Waals surface area contributed by atoms with Crippen molar-refractivity contribution >= 4 is 40.7 Å². The molecule has 0 saturated carbocycles. The molecule has 1 aromatic heterocycles. The highest BCUT2D eigenvalue weighted by atomic mass is 35.5. The van der Waals surface area contributed by atoms with Crippen LogP contribution in [0, 0.1) is 6.92 Å². The third-order valence-electron chi connectivity index (χ3n) is 4.25. The minimum Gasteiger partial charge on any atom is -0.326 e. The third kappa shape index (κ3) is 5.46. The molecule has 0 aliphatic rings. The molecule has 0 unspecified atom stereocenters. The van der Waals surface area contributed by atoms with Gasteiger partial charge in [0.1, 0.15) is 6.33 Å². The number of anilines is 1. The van der Waals surface area contributed by atoms with Crippen molar-refractivity contribution in [1.29, 1.82) is 0 Å². The van der Waals surface area contributed by atoms with Gasteiger partial charge in [-0.1, -0.05) is 36.4 Å². The van der Waals surface area contributed by atoms with Gasteiger partial charge in [-0.25, -0.2) is 0 Å². The highest BCUT2D eigenvalue weighted by molar-refractivity contribution is 7.99. The summed E-state index contributed by atoms with van der Waals surface area (Å²) in [6.07, 6.45) is 2.87. The minimum absolute atomic E-state index is 0.0297. The van der Waals surface area contributed by atoms with Gasteiger partial charge in [0.05, 0.1) is 11.4 Å². The van der Waals surface area contributed by atoms with E-state index in [1.807, 2.05) is 32.0 Å². The van der Waals surface area contributed by atoms with Crippen molar-refractivity contribution in [2.75, 3.05) is 11.1 Å². The maximum absolute atomic E-state index is 12.5. The standard InChI is InChI=1S/C21H21ClN4O2S/c1-3-4-20(28)24-16-8-6-15(7-9-16)19(27)12-29-21-25-23-13-26(21)17-10-5-14(2)18(22)11-17/h5-11,13H,3-4,12H2,1-2H3,(H,24,28). The van der Waals surface area contributed by atoms with Gasteiger partial charge in [-0.15, -0.1) is 10.2 Å². The average Bonchev–Trinajstić information content (AvgIpc) is 3.17. The minimum atomic E-state index is -0.0299. The van der Waals surface area contributed by atoms with Gasteiger partial charge in [-0.3, -0.25) is 14.2 Å². The van der Waals surface area contributed by atoms with E-state index < -0.39 is 0 Å². The van der Waals surface area contributed by atoms with E-state index >= 15 is 0 Å². The molecule has 0 bridgehead atoms. The van der Waals surface area contributed by atoms with Crippen molar-refractivity contribution in [2.24, 2.45) is 0 Å². The van der Waals surface area contributed by atoms with Gasteiger partial charge in [0, 0.05) is 22.7 Å². The fraction of sp³-hybridized carbons (Fsp3) is 0.238. The number of hydrogen-bond donors (Lipinski definition) is 1. The summed E-state index contributed by atoms with van der Waals surface area (Å²) < 4.78 is 1.80. The molecule has 1 heterocycles. The monoisotopic (exact) mass is 428 g/mol. The van der Waals surface area contributed by atoms with Crippen molar-refractivity contribution in [1.82, 2.24) is 14.8 Å². The Balaban J connectivity index is 1.63. The maximum atomic E-state index is 12.5. The molecule has 1 amide bonds. The van der Waals surface area contributed by atoms with Gasteiger partial charge in [0.25, 0.3) is 0 Å². The van der Waals surface area contributed by atoms with E-state index in [9.17, 15) is 9.59 Å². The van der Waals surface area contributed by atoms with E-state index in [-0.39, 0.29) is 17.4 Å². The van der Waals surface area contributed by atoms with Gasteiger partial charge in [-0.2, -0.15) is 0 Å². The van der Waals surface area contributed by atoms with Crippen LogP contribution in [0.1, 0.15) is 35.7 Å². The normalized spacial score (nSPS) is 10.7. The Labute approximate surface area is 178 Å². The molecule has 0 saturated heterocycles. The summed E-state index contributed by atoms with van der Waals surface area (Å²) in [5, 5.41) is 12.1. The second-order valence-electron chi connectivity index (χ2n) is 6.50. The first-order chi connectivity index (χ1) is 14.0. The van der Waals surface area contributed by atoms with Gasteiger partial charge < -0.3 is 5.32 Å². The van der Waals surface area contributed by atoms with Crippen LogP contribution >= 0.6 is 23.4 Å². The van der Waals surface area contributed by atoms with Crippen LogP contribution in [0.3, 0.4) is 0 Å². The molecular formula is C21H21ClN4O2S. The number of hydrogen-bond acceptors (Lipinski definition) is 5. The largest absolute Gasteiger partial charge is 0.326 e. The molecule has 150 valence electrons. The van der Waals surface area contributed by atoms with Crippen LogP contribution in [0.4, 0.5) is 5.69 Å². The molecule has 3 aromatic rings. The third-order valence-corrected chi connectivity index (χ3v) is 5.60. The quantitative estimate of drug-likeness (QED) is 0.406. The van der Waals surface area contributed by atoms with Crippen LogP contribution in [-0.4, -0.2) is 32.2 Å². The number of nitrogens with one attached hydrogen (secondary N) is 1. The number of ketones is 1. The number of carbonyl (C=O) groups is 2. The molecule has 6 nitrogen and oxygen atoms in total. The van der Waals surface area contributed by atoms with E-state index in [1.54, 1.807) is 35.2 Å². The number of aromatic nitrogens is 3. The van der Waals surface area contributed by atoms with Crippen molar-refractivity contribution in [2.45, 2.75) is 31.8 Å². The second-order valence-corrected chi connectivity index (χ2v) is 7.85. The Bertz CT molecular complexity index is 1020. The molecule has 1 N–H and O–H groups in total. The summed E-state index contributed by atoms with van der Waals surface area (Å²) in [5.41, 5.74) is 3.09. The van der Waals surface area contributed by atoms with E-state index in [1.165, 1.54) is 11.8 Å². The molecule has 29 heavy (non-hydrogen) atoms. The molecule has 0 aliphatic heterocycles. The summed E-state index contributed by atoms with van der Waals surface area (Å²) >= 11 is 7.52. The summed E-state index contributed by atoms with van der Waals surface area (Å²) in [6, 6.07) is 12.6. The summed E-state index contributed by atoms with van der Waals surface area (Å²) in [6.45, 7) is 3.89. The van der Waals surface area contributed by atoms with E-state index in [2.05, 4.69) is 15.5 Å². The number of benzene rings is 2. The number of Topliss-reactive ketones (excluding diaryl/α,β-unsaturated/α-hetero) is 1. The van der Waals surface area contributed by atoms with Crippen LogP contribution in [0.2, 0.25) is 5.02 Å². The lowest BCUT2D eigenvalue weighted by Gasteiger charge is -2.08. The zero-order valence-electron chi connectivity index (χ0n) is 16.2. The second kappa shape index (κ2) is 9.71. The lowest BCUT2D eigenvalue weighted by Crippen LogP contribution is -2.11. The molecule has 2 aromatic carbocycles. The highest BCUT2D eigenvalue weighted by Gasteiger charge is 2.13. The van der Waals surface area contributed by atoms with Crippen LogP contribution < -0.4 is 5.32 Å². The molecule has 0 atom stereocenters. The summed E-state index contributed by atoms with van der Waals surface area (Å²) in [7, 11) is 0. The lowest BCUT2D eigenvalue weighted by atomic mass is 10.1. The van der Waals surface area contributed by atoms with Gasteiger partial charge >= 0.3 is 0 Å². The molecule has 8 heteroatoms. The molecule has 0 aliphatic carbocycles. The number of amides is 1. The molecule has 0 radical (unpaired) electrons. The number of nitrogens with zero attached hydrogens (tertiary/aromatic N) is 3. The Morgan fingerprint density at radius 2 is 1.93 bits per heavy atom. The topological polar surface area (TPSA) is 76.9 Å².